The molecule has 138 valence electrons. The largest absolute Gasteiger partial charge is 0.449 e. The molecule has 4 nitrogen and oxygen atoms in total. The molecule has 0 unspecified atom stereocenters. The number of rotatable bonds is 7. The van der Waals surface area contributed by atoms with Crippen LogP contribution in [0, 0.1) is 0 Å². The van der Waals surface area contributed by atoms with Crippen molar-refractivity contribution in [1.82, 2.24) is 5.32 Å². The van der Waals surface area contributed by atoms with Crippen molar-refractivity contribution in [3.8, 4) is 11.1 Å². The predicted molar refractivity (Wildman–Crippen MR) is 103 cm³/mol. The van der Waals surface area contributed by atoms with Gasteiger partial charge in [-0.1, -0.05) is 62.4 Å². The SMILES string of the molecule is CCC(O)(CC)CCNC(=O)OCC1c2ccccc2-c2ccccc21. The van der Waals surface area contributed by atoms with Crippen LogP contribution >= 0.6 is 0 Å². The molecule has 1 aliphatic rings. The Kier molecular flexibility index (Phi) is 5.62. The Bertz CT molecular complexity index is 722. The van der Waals surface area contributed by atoms with E-state index in [0.29, 0.717) is 32.4 Å². The van der Waals surface area contributed by atoms with Crippen molar-refractivity contribution < 1.29 is 14.6 Å². The molecule has 0 radical (unpaired) electrons. The Hall–Kier alpha value is -2.33. The van der Waals surface area contributed by atoms with Crippen LogP contribution in [0.3, 0.4) is 0 Å². The maximum absolute atomic E-state index is 12.1. The van der Waals surface area contributed by atoms with E-state index in [9.17, 15) is 9.90 Å². The molecule has 2 N–H and O–H groups in total. The monoisotopic (exact) mass is 353 g/mol. The Balaban J connectivity index is 1.59. The van der Waals surface area contributed by atoms with Gasteiger partial charge in [0, 0.05) is 12.5 Å². The smallest absolute Gasteiger partial charge is 0.407 e. The number of ether oxygens (including phenoxy) is 1. The van der Waals surface area contributed by atoms with E-state index < -0.39 is 11.7 Å². The van der Waals surface area contributed by atoms with Gasteiger partial charge in [-0.25, -0.2) is 4.79 Å². The molecule has 0 fully saturated rings. The molecule has 0 saturated heterocycles. The molecule has 0 atom stereocenters. The molecule has 3 rings (SSSR count). The number of carbonyl (C=O) groups is 1. The number of nitrogens with one attached hydrogen (secondary N) is 1. The van der Waals surface area contributed by atoms with Gasteiger partial charge >= 0.3 is 6.09 Å². The second-order valence-electron chi connectivity index (χ2n) is 6.93. The molecule has 1 aliphatic carbocycles. The minimum Gasteiger partial charge on any atom is -0.449 e. The zero-order valence-electron chi connectivity index (χ0n) is 15.5. The topological polar surface area (TPSA) is 58.6 Å². The predicted octanol–water partition coefficient (Wildman–Crippen LogP) is 4.47. The van der Waals surface area contributed by atoms with E-state index in [1.807, 2.05) is 38.1 Å². The summed E-state index contributed by atoms with van der Waals surface area (Å²) in [7, 11) is 0. The molecule has 26 heavy (non-hydrogen) atoms. The minimum atomic E-state index is -0.712. The summed E-state index contributed by atoms with van der Waals surface area (Å²) >= 11 is 0. The summed E-state index contributed by atoms with van der Waals surface area (Å²) in [6.45, 7) is 4.63. The van der Waals surface area contributed by atoms with Crippen LogP contribution < -0.4 is 5.32 Å². The van der Waals surface area contributed by atoms with Gasteiger partial charge in [-0.3, -0.25) is 0 Å². The first-order valence-corrected chi connectivity index (χ1v) is 9.39. The summed E-state index contributed by atoms with van der Waals surface area (Å²) < 4.78 is 5.49. The summed E-state index contributed by atoms with van der Waals surface area (Å²) in [5.74, 6) is 0.0661. The highest BCUT2D eigenvalue weighted by Gasteiger charge is 2.29. The number of alkyl carbamates (subject to hydrolysis) is 1. The zero-order chi connectivity index (χ0) is 18.6. The van der Waals surface area contributed by atoms with Crippen molar-refractivity contribution in [1.29, 1.82) is 0 Å². The quantitative estimate of drug-likeness (QED) is 0.772. The van der Waals surface area contributed by atoms with Crippen molar-refractivity contribution in [2.24, 2.45) is 0 Å². The normalized spacial score (nSPS) is 13.2. The lowest BCUT2D eigenvalue weighted by molar-refractivity contribution is 0.0239. The second-order valence-corrected chi connectivity index (χ2v) is 6.93. The highest BCUT2D eigenvalue weighted by molar-refractivity contribution is 5.79. The van der Waals surface area contributed by atoms with Gasteiger partial charge in [0.15, 0.2) is 0 Å². The molecule has 0 heterocycles. The first kappa shape index (κ1) is 18.5. The summed E-state index contributed by atoms with van der Waals surface area (Å²) in [5.41, 5.74) is 4.12. The lowest BCUT2D eigenvalue weighted by Gasteiger charge is -2.25. The number of carbonyl (C=O) groups excluding carboxylic acids is 1. The fourth-order valence-electron chi connectivity index (χ4n) is 3.65. The van der Waals surface area contributed by atoms with Crippen molar-refractivity contribution in [2.75, 3.05) is 13.2 Å². The third-order valence-corrected chi connectivity index (χ3v) is 5.52. The van der Waals surface area contributed by atoms with Gasteiger partial charge in [-0.15, -0.1) is 0 Å². The molecule has 2 aromatic rings. The van der Waals surface area contributed by atoms with Crippen LogP contribution in [0.4, 0.5) is 4.79 Å². The molecular formula is C22H27NO3. The van der Waals surface area contributed by atoms with E-state index in [-0.39, 0.29) is 5.92 Å². The van der Waals surface area contributed by atoms with Crippen LogP contribution in [-0.4, -0.2) is 30.0 Å². The van der Waals surface area contributed by atoms with Gasteiger partial charge in [-0.2, -0.15) is 0 Å². The molecule has 0 aromatic heterocycles. The van der Waals surface area contributed by atoms with Gasteiger partial charge in [0.05, 0.1) is 5.60 Å². The number of aliphatic hydroxyl groups is 1. The van der Waals surface area contributed by atoms with E-state index in [4.69, 9.17) is 4.74 Å². The van der Waals surface area contributed by atoms with Gasteiger partial charge < -0.3 is 15.2 Å². The zero-order valence-corrected chi connectivity index (χ0v) is 15.5. The number of hydrogen-bond acceptors (Lipinski definition) is 3. The summed E-state index contributed by atoms with van der Waals surface area (Å²) in [6.07, 6.45) is 1.46. The second kappa shape index (κ2) is 7.92. The number of amides is 1. The van der Waals surface area contributed by atoms with Crippen molar-refractivity contribution in [3.63, 3.8) is 0 Å². The average Bonchev–Trinajstić information content (AvgIpc) is 3.00. The van der Waals surface area contributed by atoms with E-state index in [2.05, 4.69) is 29.6 Å². The van der Waals surface area contributed by atoms with Crippen LogP contribution in [-0.2, 0) is 4.74 Å². The lowest BCUT2D eigenvalue weighted by atomic mass is 9.94. The van der Waals surface area contributed by atoms with Gasteiger partial charge in [0.1, 0.15) is 6.61 Å². The fraction of sp³-hybridized carbons (Fsp3) is 0.409. The van der Waals surface area contributed by atoms with E-state index in [1.54, 1.807) is 0 Å². The third-order valence-electron chi connectivity index (χ3n) is 5.52. The molecule has 1 amide bonds. The Labute approximate surface area is 155 Å². The van der Waals surface area contributed by atoms with Gasteiger partial charge in [-0.05, 0) is 41.5 Å². The molecule has 0 bridgehead atoms. The van der Waals surface area contributed by atoms with Crippen molar-refractivity contribution in [2.45, 2.75) is 44.6 Å². The lowest BCUT2D eigenvalue weighted by Crippen LogP contribution is -2.34. The standard InChI is InChI=1S/C22H27NO3/c1-3-22(25,4-2)13-14-23-21(24)26-15-20-18-11-7-5-9-16(18)17-10-6-8-12-19(17)20/h5-12,20,25H,3-4,13-15H2,1-2H3,(H,23,24). The fourth-order valence-corrected chi connectivity index (χ4v) is 3.65. The average molecular weight is 353 g/mol. The van der Waals surface area contributed by atoms with Crippen molar-refractivity contribution in [3.05, 3.63) is 59.7 Å². The molecule has 0 aliphatic heterocycles. The van der Waals surface area contributed by atoms with E-state index in [1.165, 1.54) is 22.3 Å². The van der Waals surface area contributed by atoms with Gasteiger partial charge in [0.2, 0.25) is 0 Å². The number of fused-ring (bicyclic) bond motifs is 3. The van der Waals surface area contributed by atoms with Crippen molar-refractivity contribution >= 4 is 6.09 Å². The van der Waals surface area contributed by atoms with Crippen LogP contribution in [0.1, 0.15) is 50.2 Å². The van der Waals surface area contributed by atoms with Crippen LogP contribution in [0.2, 0.25) is 0 Å². The highest BCUT2D eigenvalue weighted by Crippen LogP contribution is 2.44. The molecular weight excluding hydrogens is 326 g/mol. The maximum atomic E-state index is 12.1. The molecule has 4 heteroatoms. The number of hydrogen-bond donors (Lipinski definition) is 2. The van der Waals surface area contributed by atoms with E-state index >= 15 is 0 Å². The maximum Gasteiger partial charge on any atom is 0.407 e. The third kappa shape index (κ3) is 3.75. The summed E-state index contributed by atoms with van der Waals surface area (Å²) in [4.78, 5) is 12.1. The van der Waals surface area contributed by atoms with Crippen LogP contribution in [0.25, 0.3) is 11.1 Å². The Morgan fingerprint density at radius 3 is 2.12 bits per heavy atom. The molecule has 2 aromatic carbocycles. The first-order valence-electron chi connectivity index (χ1n) is 9.39. The Morgan fingerprint density at radius 1 is 1.04 bits per heavy atom. The van der Waals surface area contributed by atoms with E-state index in [0.717, 1.165) is 0 Å². The summed E-state index contributed by atoms with van der Waals surface area (Å²) in [5, 5.41) is 13.0. The summed E-state index contributed by atoms with van der Waals surface area (Å²) in [6, 6.07) is 16.5. The first-order chi connectivity index (χ1) is 12.6. The highest BCUT2D eigenvalue weighted by atomic mass is 16.5. The van der Waals surface area contributed by atoms with Gasteiger partial charge in [0.25, 0.3) is 0 Å². The van der Waals surface area contributed by atoms with Crippen LogP contribution in [0.15, 0.2) is 48.5 Å². The number of benzene rings is 2. The van der Waals surface area contributed by atoms with Crippen LogP contribution in [0.5, 0.6) is 0 Å². The molecule has 0 saturated carbocycles. The molecule has 0 spiro atoms. The Morgan fingerprint density at radius 2 is 1.58 bits per heavy atom. The minimum absolute atomic E-state index is 0.0661.